The molecule has 1 rings (SSSR count). The second kappa shape index (κ2) is 5.61. The van der Waals surface area contributed by atoms with Crippen molar-refractivity contribution in [1.29, 1.82) is 0 Å². The maximum absolute atomic E-state index is 5.56. The molecule has 13 heavy (non-hydrogen) atoms. The molecule has 78 valence electrons. The zero-order chi connectivity index (χ0) is 9.57. The van der Waals surface area contributed by atoms with E-state index < -0.39 is 0 Å². The van der Waals surface area contributed by atoms with Crippen molar-refractivity contribution in [3.05, 3.63) is 0 Å². The van der Waals surface area contributed by atoms with Crippen LogP contribution in [0.1, 0.15) is 33.1 Å². The minimum atomic E-state index is 0.934. The van der Waals surface area contributed by atoms with Crippen LogP contribution in [0.5, 0.6) is 0 Å². The SMILES string of the molecule is CCCOCC[N+]1(CC)CCCC1. The van der Waals surface area contributed by atoms with Crippen molar-refractivity contribution < 1.29 is 9.22 Å². The Balaban J connectivity index is 2.16. The molecule has 0 amide bonds. The minimum Gasteiger partial charge on any atom is -0.376 e. The highest BCUT2D eigenvalue weighted by atomic mass is 16.5. The number of likely N-dealkylation sites (N-methyl/N-ethyl adjacent to an activating group) is 1. The average Bonchev–Trinajstić information content (AvgIpc) is 2.62. The van der Waals surface area contributed by atoms with Crippen LogP contribution in [0.4, 0.5) is 0 Å². The average molecular weight is 186 g/mol. The predicted molar refractivity (Wildman–Crippen MR) is 55.7 cm³/mol. The van der Waals surface area contributed by atoms with Gasteiger partial charge in [-0.15, -0.1) is 0 Å². The van der Waals surface area contributed by atoms with Gasteiger partial charge in [-0.2, -0.15) is 0 Å². The van der Waals surface area contributed by atoms with Gasteiger partial charge >= 0.3 is 0 Å². The zero-order valence-corrected chi connectivity index (χ0v) is 9.22. The third kappa shape index (κ3) is 3.28. The number of likely N-dealkylation sites (tertiary alicyclic amines) is 1. The largest absolute Gasteiger partial charge is 0.376 e. The first-order chi connectivity index (χ1) is 6.33. The molecule has 0 aliphatic carbocycles. The zero-order valence-electron chi connectivity index (χ0n) is 9.22. The smallest absolute Gasteiger partial charge is 0.102 e. The van der Waals surface area contributed by atoms with Gasteiger partial charge in [-0.05, 0) is 13.3 Å². The normalized spacial score (nSPS) is 20.8. The molecule has 1 heterocycles. The molecular formula is C11H24NO+. The van der Waals surface area contributed by atoms with Crippen molar-refractivity contribution in [3.8, 4) is 0 Å². The summed E-state index contributed by atoms with van der Waals surface area (Å²) in [6.45, 7) is 11.7. The number of quaternary nitrogens is 1. The van der Waals surface area contributed by atoms with Crippen LogP contribution in [0.15, 0.2) is 0 Å². The topological polar surface area (TPSA) is 9.23 Å². The van der Waals surface area contributed by atoms with E-state index in [1.807, 2.05) is 0 Å². The van der Waals surface area contributed by atoms with Crippen LogP contribution in [0.3, 0.4) is 0 Å². The van der Waals surface area contributed by atoms with Gasteiger partial charge in [-0.1, -0.05) is 6.92 Å². The summed E-state index contributed by atoms with van der Waals surface area (Å²) >= 11 is 0. The Morgan fingerprint density at radius 1 is 1.08 bits per heavy atom. The first-order valence-electron chi connectivity index (χ1n) is 5.76. The second-order valence-electron chi connectivity index (χ2n) is 4.15. The van der Waals surface area contributed by atoms with Crippen LogP contribution in [0.2, 0.25) is 0 Å². The molecule has 1 aliphatic rings. The number of hydrogen-bond acceptors (Lipinski definition) is 1. The van der Waals surface area contributed by atoms with E-state index in [0.717, 1.165) is 19.6 Å². The first kappa shape index (κ1) is 11.0. The van der Waals surface area contributed by atoms with Crippen molar-refractivity contribution in [2.75, 3.05) is 39.4 Å². The molecule has 1 fully saturated rings. The maximum Gasteiger partial charge on any atom is 0.102 e. The Labute approximate surface area is 82.5 Å². The highest BCUT2D eigenvalue weighted by Crippen LogP contribution is 2.18. The lowest BCUT2D eigenvalue weighted by atomic mass is 10.4. The lowest BCUT2D eigenvalue weighted by Gasteiger charge is -2.32. The van der Waals surface area contributed by atoms with E-state index >= 15 is 0 Å². The van der Waals surface area contributed by atoms with Gasteiger partial charge in [0.25, 0.3) is 0 Å². The van der Waals surface area contributed by atoms with E-state index in [2.05, 4.69) is 13.8 Å². The van der Waals surface area contributed by atoms with Crippen LogP contribution in [0, 0.1) is 0 Å². The second-order valence-corrected chi connectivity index (χ2v) is 4.15. The van der Waals surface area contributed by atoms with Crippen molar-refractivity contribution in [1.82, 2.24) is 0 Å². The van der Waals surface area contributed by atoms with Crippen molar-refractivity contribution in [2.45, 2.75) is 33.1 Å². The van der Waals surface area contributed by atoms with E-state index in [1.165, 1.54) is 43.5 Å². The first-order valence-corrected chi connectivity index (χ1v) is 5.76. The molecule has 1 saturated heterocycles. The molecule has 0 saturated carbocycles. The molecule has 0 unspecified atom stereocenters. The van der Waals surface area contributed by atoms with Crippen LogP contribution >= 0.6 is 0 Å². The van der Waals surface area contributed by atoms with Crippen LogP contribution < -0.4 is 0 Å². The molecule has 0 aromatic carbocycles. The van der Waals surface area contributed by atoms with E-state index in [4.69, 9.17) is 4.74 Å². The van der Waals surface area contributed by atoms with Crippen LogP contribution in [-0.2, 0) is 4.74 Å². The van der Waals surface area contributed by atoms with Gasteiger partial charge in [0.1, 0.15) is 6.54 Å². The Bertz CT molecular complexity index is 130. The Kier molecular flexibility index (Phi) is 4.74. The molecule has 0 spiro atoms. The molecule has 0 radical (unpaired) electrons. The van der Waals surface area contributed by atoms with Crippen LogP contribution in [0.25, 0.3) is 0 Å². The van der Waals surface area contributed by atoms with Crippen LogP contribution in [-0.4, -0.2) is 43.9 Å². The minimum absolute atomic E-state index is 0.934. The van der Waals surface area contributed by atoms with E-state index in [0.29, 0.717) is 0 Å². The molecule has 2 heteroatoms. The van der Waals surface area contributed by atoms with E-state index in [9.17, 15) is 0 Å². The molecule has 1 aliphatic heterocycles. The molecule has 0 bridgehead atoms. The lowest BCUT2D eigenvalue weighted by molar-refractivity contribution is -0.915. The summed E-state index contributed by atoms with van der Waals surface area (Å²) < 4.78 is 6.87. The summed E-state index contributed by atoms with van der Waals surface area (Å²) in [5.41, 5.74) is 0. The van der Waals surface area contributed by atoms with Gasteiger partial charge in [0, 0.05) is 19.4 Å². The Morgan fingerprint density at radius 2 is 1.77 bits per heavy atom. The molecule has 0 atom stereocenters. The van der Waals surface area contributed by atoms with Gasteiger partial charge in [0.2, 0.25) is 0 Å². The van der Waals surface area contributed by atoms with Crippen molar-refractivity contribution in [3.63, 3.8) is 0 Å². The lowest BCUT2D eigenvalue weighted by Crippen LogP contribution is -2.47. The standard InChI is InChI=1S/C11H24NO/c1-3-10-13-11-9-12(4-2)7-5-6-8-12/h3-11H2,1-2H3/q+1. The van der Waals surface area contributed by atoms with Crippen molar-refractivity contribution in [2.24, 2.45) is 0 Å². The maximum atomic E-state index is 5.56. The van der Waals surface area contributed by atoms with E-state index in [-0.39, 0.29) is 0 Å². The fourth-order valence-electron chi connectivity index (χ4n) is 2.21. The monoisotopic (exact) mass is 186 g/mol. The number of rotatable bonds is 6. The third-order valence-electron chi connectivity index (χ3n) is 3.24. The summed E-state index contributed by atoms with van der Waals surface area (Å²) in [4.78, 5) is 0. The molecule has 0 N–H and O–H groups in total. The summed E-state index contributed by atoms with van der Waals surface area (Å²) in [7, 11) is 0. The molecule has 0 aromatic heterocycles. The number of nitrogens with zero attached hydrogens (tertiary/aromatic N) is 1. The van der Waals surface area contributed by atoms with Gasteiger partial charge in [-0.25, -0.2) is 0 Å². The highest BCUT2D eigenvalue weighted by molar-refractivity contribution is 4.53. The fourth-order valence-corrected chi connectivity index (χ4v) is 2.21. The fraction of sp³-hybridized carbons (Fsp3) is 1.00. The van der Waals surface area contributed by atoms with Crippen molar-refractivity contribution >= 4 is 0 Å². The summed E-state index contributed by atoms with van der Waals surface area (Å²) in [6.07, 6.45) is 3.98. The third-order valence-corrected chi connectivity index (χ3v) is 3.24. The summed E-state index contributed by atoms with van der Waals surface area (Å²) in [5.74, 6) is 0. The Hall–Kier alpha value is -0.0800. The Morgan fingerprint density at radius 3 is 2.31 bits per heavy atom. The van der Waals surface area contributed by atoms with Gasteiger partial charge in [0.05, 0.1) is 26.2 Å². The highest BCUT2D eigenvalue weighted by Gasteiger charge is 2.29. The number of hydrogen-bond donors (Lipinski definition) is 0. The van der Waals surface area contributed by atoms with E-state index in [1.54, 1.807) is 0 Å². The summed E-state index contributed by atoms with van der Waals surface area (Å²) in [6, 6.07) is 0. The van der Waals surface area contributed by atoms with Gasteiger partial charge in [-0.3, -0.25) is 0 Å². The summed E-state index contributed by atoms with van der Waals surface area (Å²) in [5, 5.41) is 0. The quantitative estimate of drug-likeness (QED) is 0.455. The number of ether oxygens (including phenoxy) is 1. The van der Waals surface area contributed by atoms with Gasteiger partial charge < -0.3 is 9.22 Å². The predicted octanol–water partition coefficient (Wildman–Crippen LogP) is 2.04. The van der Waals surface area contributed by atoms with Gasteiger partial charge in [0.15, 0.2) is 0 Å². The molecule has 0 aromatic rings. The molecular weight excluding hydrogens is 162 g/mol. The molecule has 2 nitrogen and oxygen atoms in total.